The van der Waals surface area contributed by atoms with Crippen LogP contribution < -0.4 is 5.32 Å². The lowest BCUT2D eigenvalue weighted by molar-refractivity contribution is 0.155. The SMILES string of the molecule is C=Cc1ccccc1CNC(C)O. The van der Waals surface area contributed by atoms with E-state index in [0.29, 0.717) is 6.54 Å². The van der Waals surface area contributed by atoms with Gasteiger partial charge in [-0.3, -0.25) is 5.32 Å². The van der Waals surface area contributed by atoms with Gasteiger partial charge in [0.2, 0.25) is 0 Å². The molecule has 1 aromatic rings. The van der Waals surface area contributed by atoms with E-state index >= 15 is 0 Å². The Labute approximate surface area is 78.9 Å². The zero-order valence-electron chi connectivity index (χ0n) is 7.83. The number of nitrogens with one attached hydrogen (secondary N) is 1. The van der Waals surface area contributed by atoms with E-state index < -0.39 is 6.23 Å². The third-order valence-electron chi connectivity index (χ3n) is 1.86. The minimum atomic E-state index is -0.474. The van der Waals surface area contributed by atoms with Crippen LogP contribution in [-0.2, 0) is 6.54 Å². The Hall–Kier alpha value is -1.12. The van der Waals surface area contributed by atoms with E-state index in [0.717, 1.165) is 11.1 Å². The fourth-order valence-electron chi connectivity index (χ4n) is 1.15. The highest BCUT2D eigenvalue weighted by molar-refractivity contribution is 5.51. The van der Waals surface area contributed by atoms with Gasteiger partial charge in [-0.2, -0.15) is 0 Å². The molecule has 0 amide bonds. The lowest BCUT2D eigenvalue weighted by Gasteiger charge is -2.09. The Balaban J connectivity index is 2.69. The first kappa shape index (κ1) is 9.96. The summed E-state index contributed by atoms with van der Waals surface area (Å²) in [5, 5.41) is 12.0. The average Bonchev–Trinajstić information content (AvgIpc) is 2.15. The molecule has 0 aliphatic heterocycles. The van der Waals surface area contributed by atoms with Crippen molar-refractivity contribution in [3.05, 3.63) is 42.0 Å². The van der Waals surface area contributed by atoms with E-state index in [4.69, 9.17) is 5.11 Å². The summed E-state index contributed by atoms with van der Waals surface area (Å²) in [7, 11) is 0. The van der Waals surface area contributed by atoms with Crippen molar-refractivity contribution < 1.29 is 5.11 Å². The lowest BCUT2D eigenvalue weighted by atomic mass is 10.1. The van der Waals surface area contributed by atoms with Crippen molar-refractivity contribution in [2.24, 2.45) is 0 Å². The number of benzene rings is 1. The second-order valence-corrected chi connectivity index (χ2v) is 2.96. The molecule has 0 saturated carbocycles. The van der Waals surface area contributed by atoms with Crippen molar-refractivity contribution in [3.63, 3.8) is 0 Å². The molecule has 1 atom stereocenters. The average molecular weight is 177 g/mol. The molecule has 0 bridgehead atoms. The van der Waals surface area contributed by atoms with E-state index in [1.165, 1.54) is 0 Å². The molecule has 1 unspecified atom stereocenters. The third kappa shape index (κ3) is 3.01. The first-order valence-electron chi connectivity index (χ1n) is 4.36. The summed E-state index contributed by atoms with van der Waals surface area (Å²) >= 11 is 0. The van der Waals surface area contributed by atoms with Crippen molar-refractivity contribution in [1.29, 1.82) is 0 Å². The molecule has 2 heteroatoms. The predicted octanol–water partition coefficient (Wildman–Crippen LogP) is 1.76. The Morgan fingerprint density at radius 2 is 2.23 bits per heavy atom. The summed E-state index contributed by atoms with van der Waals surface area (Å²) < 4.78 is 0. The molecule has 0 saturated heterocycles. The first-order valence-corrected chi connectivity index (χ1v) is 4.36. The molecule has 0 aliphatic carbocycles. The molecule has 0 aliphatic rings. The van der Waals surface area contributed by atoms with Crippen molar-refractivity contribution in [2.75, 3.05) is 0 Å². The summed E-state index contributed by atoms with van der Waals surface area (Å²) in [6.45, 7) is 6.10. The maximum absolute atomic E-state index is 9.04. The van der Waals surface area contributed by atoms with Crippen LogP contribution in [0.1, 0.15) is 18.1 Å². The second-order valence-electron chi connectivity index (χ2n) is 2.96. The van der Waals surface area contributed by atoms with Gasteiger partial charge < -0.3 is 5.11 Å². The van der Waals surface area contributed by atoms with Gasteiger partial charge in [0.1, 0.15) is 6.23 Å². The van der Waals surface area contributed by atoms with Gasteiger partial charge in [-0.15, -0.1) is 0 Å². The molecule has 0 heterocycles. The van der Waals surface area contributed by atoms with Gasteiger partial charge >= 0.3 is 0 Å². The molecule has 0 radical (unpaired) electrons. The molecule has 70 valence electrons. The smallest absolute Gasteiger partial charge is 0.102 e. The van der Waals surface area contributed by atoms with E-state index in [1.807, 2.05) is 30.3 Å². The quantitative estimate of drug-likeness (QED) is 0.687. The van der Waals surface area contributed by atoms with Crippen LogP contribution in [0.25, 0.3) is 6.08 Å². The maximum atomic E-state index is 9.04. The van der Waals surface area contributed by atoms with Crippen molar-refractivity contribution in [3.8, 4) is 0 Å². The largest absolute Gasteiger partial charge is 0.379 e. The van der Waals surface area contributed by atoms with Gasteiger partial charge in [-0.25, -0.2) is 0 Å². The van der Waals surface area contributed by atoms with Gasteiger partial charge in [0.15, 0.2) is 0 Å². The number of rotatable bonds is 4. The number of aliphatic hydroxyl groups is 1. The maximum Gasteiger partial charge on any atom is 0.102 e. The van der Waals surface area contributed by atoms with Crippen LogP contribution in [0.3, 0.4) is 0 Å². The summed E-state index contributed by atoms with van der Waals surface area (Å²) in [5.74, 6) is 0. The van der Waals surface area contributed by atoms with Crippen LogP contribution >= 0.6 is 0 Å². The monoisotopic (exact) mass is 177 g/mol. The van der Waals surface area contributed by atoms with Gasteiger partial charge in [0, 0.05) is 6.54 Å². The van der Waals surface area contributed by atoms with Crippen molar-refractivity contribution in [1.82, 2.24) is 5.32 Å². The minimum absolute atomic E-state index is 0.474. The molecule has 2 nitrogen and oxygen atoms in total. The van der Waals surface area contributed by atoms with Gasteiger partial charge in [0.05, 0.1) is 0 Å². The van der Waals surface area contributed by atoms with E-state index in [1.54, 1.807) is 6.92 Å². The van der Waals surface area contributed by atoms with Gasteiger partial charge in [0.25, 0.3) is 0 Å². The normalized spacial score (nSPS) is 12.5. The molecule has 13 heavy (non-hydrogen) atoms. The van der Waals surface area contributed by atoms with Crippen LogP contribution in [0.2, 0.25) is 0 Å². The fourth-order valence-corrected chi connectivity index (χ4v) is 1.15. The van der Waals surface area contributed by atoms with Crippen LogP contribution in [-0.4, -0.2) is 11.3 Å². The fraction of sp³-hybridized carbons (Fsp3) is 0.273. The molecule has 1 rings (SSSR count). The Kier molecular flexibility index (Phi) is 3.68. The lowest BCUT2D eigenvalue weighted by Crippen LogP contribution is -2.24. The summed E-state index contributed by atoms with van der Waals surface area (Å²) in [5.41, 5.74) is 2.26. The van der Waals surface area contributed by atoms with Gasteiger partial charge in [-0.05, 0) is 18.1 Å². The second kappa shape index (κ2) is 4.80. The third-order valence-corrected chi connectivity index (χ3v) is 1.86. The predicted molar refractivity (Wildman–Crippen MR) is 55.1 cm³/mol. The Morgan fingerprint density at radius 1 is 1.54 bits per heavy atom. The summed E-state index contributed by atoms with van der Waals surface area (Å²) in [4.78, 5) is 0. The first-order chi connectivity index (χ1) is 6.24. The van der Waals surface area contributed by atoms with Crippen LogP contribution in [0, 0.1) is 0 Å². The Morgan fingerprint density at radius 3 is 2.85 bits per heavy atom. The number of aliphatic hydroxyl groups excluding tert-OH is 1. The zero-order valence-corrected chi connectivity index (χ0v) is 7.83. The number of hydrogen-bond acceptors (Lipinski definition) is 2. The minimum Gasteiger partial charge on any atom is -0.379 e. The van der Waals surface area contributed by atoms with Crippen LogP contribution in [0.5, 0.6) is 0 Å². The standard InChI is InChI=1S/C11H15NO/c1-3-10-6-4-5-7-11(10)8-12-9(2)13/h3-7,9,12-13H,1,8H2,2H3. The van der Waals surface area contributed by atoms with Crippen LogP contribution in [0.4, 0.5) is 0 Å². The highest BCUT2D eigenvalue weighted by Crippen LogP contribution is 2.09. The molecule has 0 aromatic heterocycles. The molecular formula is C11H15NO. The molecule has 0 fully saturated rings. The summed E-state index contributed by atoms with van der Waals surface area (Å²) in [6.07, 6.45) is 1.34. The van der Waals surface area contributed by atoms with Crippen molar-refractivity contribution in [2.45, 2.75) is 19.7 Å². The Bertz CT molecular complexity index is 281. The molecular weight excluding hydrogens is 162 g/mol. The van der Waals surface area contributed by atoms with Crippen LogP contribution in [0.15, 0.2) is 30.8 Å². The highest BCUT2D eigenvalue weighted by Gasteiger charge is 1.98. The van der Waals surface area contributed by atoms with E-state index in [2.05, 4.69) is 11.9 Å². The van der Waals surface area contributed by atoms with E-state index in [-0.39, 0.29) is 0 Å². The molecule has 0 spiro atoms. The van der Waals surface area contributed by atoms with E-state index in [9.17, 15) is 0 Å². The zero-order chi connectivity index (χ0) is 9.68. The number of hydrogen-bond donors (Lipinski definition) is 2. The van der Waals surface area contributed by atoms with Crippen molar-refractivity contribution >= 4 is 6.08 Å². The van der Waals surface area contributed by atoms with Gasteiger partial charge in [-0.1, -0.05) is 36.9 Å². The molecule has 2 N–H and O–H groups in total. The summed E-state index contributed by atoms with van der Waals surface area (Å²) in [6, 6.07) is 7.98. The molecule has 1 aromatic carbocycles. The topological polar surface area (TPSA) is 32.3 Å². The highest BCUT2D eigenvalue weighted by atomic mass is 16.3.